The van der Waals surface area contributed by atoms with Crippen LogP contribution in [0.25, 0.3) is 0 Å². The molecule has 1 aromatic carbocycles. The van der Waals surface area contributed by atoms with Crippen LogP contribution >= 0.6 is 39.2 Å². The Kier molecular flexibility index (Phi) is 50.1. The fourth-order valence-electron chi connectivity index (χ4n) is 10.8. The largest absolute Gasteiger partial charge is 0.515 e. The molecule has 3 fully saturated rings. The lowest BCUT2D eigenvalue weighted by Crippen LogP contribution is -2.64. The molecule has 3 aliphatic heterocycles. The Labute approximate surface area is 647 Å². The zero-order chi connectivity index (χ0) is 78.7. The van der Waals surface area contributed by atoms with Crippen molar-refractivity contribution in [3.05, 3.63) is 35.9 Å². The number of benzene rings is 1. The van der Waals surface area contributed by atoms with Crippen LogP contribution in [0, 0.1) is 17.3 Å². The highest BCUT2D eigenvalue weighted by molar-refractivity contribution is 8.44. The summed E-state index contributed by atoms with van der Waals surface area (Å²) in [5.41, 5.74) is -0.246. The minimum Gasteiger partial charge on any atom is -0.429 e. The van der Waals surface area contributed by atoms with Crippen molar-refractivity contribution in [3.63, 3.8) is 0 Å². The van der Waals surface area contributed by atoms with Crippen molar-refractivity contribution in [1.82, 2.24) is 5.32 Å². The van der Waals surface area contributed by atoms with Gasteiger partial charge in [0.2, 0.25) is 5.91 Å². The van der Waals surface area contributed by atoms with Gasteiger partial charge in [-0.15, -0.1) is 0 Å². The van der Waals surface area contributed by atoms with Crippen LogP contribution in [0.1, 0.15) is 123 Å². The fraction of sp³-hybridized carbons (Fsp3) is 0.875. The van der Waals surface area contributed by atoms with E-state index in [-0.39, 0.29) is 138 Å². The number of thiol groups is 1. The number of hydrogen-bond acceptors (Lipinski definition) is 34. The predicted octanol–water partition coefficient (Wildman–Crippen LogP) is 4.19. The number of aliphatic hydroxyl groups excluding tert-OH is 9. The maximum atomic E-state index is 12.7. The van der Waals surface area contributed by atoms with Crippen LogP contribution in [0.2, 0.25) is 0 Å². The SMILES string of the molecule is CC(=O)NC1[C@H](OCCCCOP(O)(=S)OCCCOCC(COCCCCCCCCOP(=O)(S)OC(=O)OCc2ccccc2)(COCCCOP(O)(=S)OCCCCO[C@@H]2OC(CO)[C@@H](O)[C@H](O)C2C)COCCCOP(O)(=S)OCCCCO[C@@H]2OC(CO)[C@@H](O)[C@H](O)C2C)OC(CO)[C@H](O)[C@@H]1O. The van der Waals surface area contributed by atoms with E-state index in [0.717, 1.165) is 31.2 Å². The molecule has 35 nitrogen and oxygen atoms in total. The summed E-state index contributed by atoms with van der Waals surface area (Å²) in [5, 5.41) is 93.0. The number of nitrogens with one attached hydrogen (secondary N) is 1. The van der Waals surface area contributed by atoms with Gasteiger partial charge in [-0.05, 0) is 124 Å². The summed E-state index contributed by atoms with van der Waals surface area (Å²) < 4.78 is 120. The first kappa shape index (κ1) is 98.7. The van der Waals surface area contributed by atoms with Crippen LogP contribution in [-0.4, -0.2) is 291 Å². The predicted molar refractivity (Wildman–Crippen MR) is 398 cm³/mol. The third-order valence-electron chi connectivity index (χ3n) is 16.9. The van der Waals surface area contributed by atoms with Crippen molar-refractivity contribution in [3.8, 4) is 0 Å². The second-order valence-electron chi connectivity index (χ2n) is 26.0. The molecule has 43 heteroatoms. The first-order chi connectivity index (χ1) is 51.0. The van der Waals surface area contributed by atoms with E-state index in [2.05, 4.69) is 17.6 Å². The number of unbranched alkanes of at least 4 members (excludes halogenated alkanes) is 8. The molecule has 1 amide bonds. The highest BCUT2D eigenvalue weighted by atomic mass is 32.7. The molecule has 13 N–H and O–H groups in total. The molecular weight excluding hydrogens is 1580 g/mol. The van der Waals surface area contributed by atoms with Crippen molar-refractivity contribution in [2.45, 2.75) is 204 Å². The Bertz CT molecular complexity index is 2680. The van der Waals surface area contributed by atoms with E-state index in [1.54, 1.807) is 38.1 Å². The third kappa shape index (κ3) is 40.7. The van der Waals surface area contributed by atoms with Gasteiger partial charge in [-0.3, -0.25) is 9.32 Å². The van der Waals surface area contributed by atoms with Crippen molar-refractivity contribution < 1.29 is 163 Å². The maximum absolute atomic E-state index is 12.7. The van der Waals surface area contributed by atoms with Crippen molar-refractivity contribution in [2.75, 3.05) is 139 Å². The molecule has 4 rings (SSSR count). The molecule has 1 aromatic rings. The van der Waals surface area contributed by atoms with E-state index in [9.17, 15) is 74.8 Å². The van der Waals surface area contributed by atoms with Gasteiger partial charge >= 0.3 is 33.1 Å². The molecule has 3 heterocycles. The number of aliphatic hydroxyl groups is 9. The Morgan fingerprint density at radius 1 is 0.458 bits per heavy atom. The average Bonchev–Trinajstić information content (AvgIpc) is 0.813. The first-order valence-corrected chi connectivity index (χ1v) is 46.5. The van der Waals surface area contributed by atoms with E-state index < -0.39 is 156 Å². The number of carbonyl (C=O) groups excluding carboxylic acids is 2. The van der Waals surface area contributed by atoms with Crippen LogP contribution in [-0.2, 0) is 140 Å². The summed E-state index contributed by atoms with van der Waals surface area (Å²) in [7, 11) is 0. The van der Waals surface area contributed by atoms with Gasteiger partial charge in [0.1, 0.15) is 55.4 Å². The van der Waals surface area contributed by atoms with Crippen LogP contribution in [0.3, 0.4) is 0 Å². The van der Waals surface area contributed by atoms with Crippen molar-refractivity contribution >= 4 is 86.7 Å². The number of hydrogen-bond donors (Lipinski definition) is 14. The average molecular weight is 1700 g/mol. The Morgan fingerprint density at radius 3 is 1.17 bits per heavy atom. The van der Waals surface area contributed by atoms with E-state index in [0.29, 0.717) is 58.0 Å². The van der Waals surface area contributed by atoms with E-state index in [1.807, 2.05) is 6.07 Å². The van der Waals surface area contributed by atoms with Gasteiger partial charge in [-0.25, -0.2) is 9.36 Å². The second kappa shape index (κ2) is 54.3. The molecule has 107 heavy (non-hydrogen) atoms. The van der Waals surface area contributed by atoms with E-state index in [4.69, 9.17) is 124 Å². The highest BCUT2D eigenvalue weighted by Gasteiger charge is 2.47. The van der Waals surface area contributed by atoms with Crippen molar-refractivity contribution in [2.24, 2.45) is 17.3 Å². The molecule has 0 bridgehead atoms. The van der Waals surface area contributed by atoms with Crippen molar-refractivity contribution in [1.29, 1.82) is 0 Å². The van der Waals surface area contributed by atoms with Crippen LogP contribution in [0.15, 0.2) is 30.3 Å². The summed E-state index contributed by atoms with van der Waals surface area (Å²) in [6.07, 6.45) is -7.29. The zero-order valence-corrected chi connectivity index (χ0v) is 67.9. The summed E-state index contributed by atoms with van der Waals surface area (Å²) in [4.78, 5) is 56.4. The molecule has 0 aliphatic carbocycles. The monoisotopic (exact) mass is 1700 g/mol. The topological polar surface area (TPSA) is 481 Å². The molecule has 0 spiro atoms. The zero-order valence-electron chi connectivity index (χ0n) is 61.0. The standard InChI is InChI=1S/C64H117NO34P4S4/c1-46-54(70)56(72)50(38-66)96-60(46)85-28-13-16-32-89-100(77,104)92-35-19-25-82-43-64(42-81-24-11-6-4-5-7-12-31-95-103(80,107)99-63(76)88-41-49-22-9-8-10-23-49,44-83-26-20-36-93-101(78,105)90-33-17-14-29-86-61-47(2)55(71)57(73)51(39-67)97-61)45-84-27-21-37-94-102(79,106)91-34-18-15-30-87-62-53(65-48(3)69)59(75)58(74)52(40-68)98-62/h8-10,22-23,46-47,50-62,66-68,70-75H,4-7,11-21,24-45H2,1-3H3,(H,65,69)(H,77,104)(H,78,105)(H,79,106)(H,80,107)/t46?,47?,50?,51?,52?,53?,54-,55-,56-,57-,58+,59-,60-,61-,62-,64?,100?,101?,102?,103?/m1/s1. The number of carbonyl (C=O) groups is 2. The fourth-order valence-corrected chi connectivity index (χ4v) is 15.6. The lowest BCUT2D eigenvalue weighted by atomic mass is 9.92. The van der Waals surface area contributed by atoms with E-state index >= 15 is 0 Å². The Hall–Kier alpha value is -0.670. The molecule has 19 atom stereocenters. The molecule has 0 aromatic heterocycles. The summed E-state index contributed by atoms with van der Waals surface area (Å²) >= 11 is 19.7. The van der Waals surface area contributed by atoms with Gasteiger partial charge in [0.05, 0.1) is 110 Å². The highest BCUT2D eigenvalue weighted by Crippen LogP contribution is 2.53. The van der Waals surface area contributed by atoms with E-state index in [1.165, 1.54) is 6.92 Å². The molecule has 0 saturated carbocycles. The Morgan fingerprint density at radius 2 is 0.776 bits per heavy atom. The van der Waals surface area contributed by atoms with Gasteiger partial charge in [-0.1, -0.05) is 69.9 Å². The molecule has 3 saturated heterocycles. The number of amides is 1. The number of ether oxygens (including phenoxy) is 11. The minimum absolute atomic E-state index is 0.0123. The summed E-state index contributed by atoms with van der Waals surface area (Å²) in [6.45, 7) is -10.9. The molecular formula is C64H117NO34P4S4. The third-order valence-corrected chi connectivity index (χ3v) is 23.3. The van der Waals surface area contributed by atoms with Gasteiger partial charge in [-0.2, -0.15) is 0 Å². The van der Waals surface area contributed by atoms with Gasteiger partial charge in [0.15, 0.2) is 18.9 Å². The first-order valence-electron chi connectivity index (χ1n) is 36.0. The molecule has 10 unspecified atom stereocenters. The van der Waals surface area contributed by atoms with Crippen LogP contribution < -0.4 is 5.32 Å². The minimum atomic E-state index is -4.01. The smallest absolute Gasteiger partial charge is 0.429 e. The van der Waals surface area contributed by atoms with Crippen LogP contribution in [0.5, 0.6) is 0 Å². The van der Waals surface area contributed by atoms with Gasteiger partial charge in [0.25, 0.3) is 0 Å². The van der Waals surface area contributed by atoms with Gasteiger partial charge < -0.3 is 150 Å². The Balaban J connectivity index is 1.31. The summed E-state index contributed by atoms with van der Waals surface area (Å²) in [6, 6.07) is 7.79. The molecule has 626 valence electrons. The normalized spacial score (nSPS) is 27.7. The van der Waals surface area contributed by atoms with Crippen LogP contribution in [0.4, 0.5) is 4.79 Å². The molecule has 3 aliphatic rings. The van der Waals surface area contributed by atoms with Gasteiger partial charge in [0, 0.05) is 65.0 Å². The maximum Gasteiger partial charge on any atom is 0.515 e. The number of rotatable bonds is 61. The lowest BCUT2D eigenvalue weighted by molar-refractivity contribution is -0.282. The lowest BCUT2D eigenvalue weighted by Gasteiger charge is -2.42. The second-order valence-corrected chi connectivity index (χ2v) is 37.4. The quantitative estimate of drug-likeness (QED) is 0.0188. The molecule has 0 radical (unpaired) electrons. The summed E-state index contributed by atoms with van der Waals surface area (Å²) in [5.74, 6) is -1.61.